The second-order valence-corrected chi connectivity index (χ2v) is 4.37. The summed E-state index contributed by atoms with van der Waals surface area (Å²) >= 11 is 0. The number of morpholine rings is 1. The van der Waals surface area contributed by atoms with Gasteiger partial charge in [0, 0.05) is 26.3 Å². The molecule has 2 atom stereocenters. The first kappa shape index (κ1) is 11.1. The molecule has 1 amide bonds. The lowest BCUT2D eigenvalue weighted by atomic mass is 10.2. The van der Waals surface area contributed by atoms with Crippen LogP contribution in [0.3, 0.4) is 0 Å². The molecule has 0 unspecified atom stereocenters. The van der Waals surface area contributed by atoms with Crippen LogP contribution in [0.1, 0.15) is 24.2 Å². The molecule has 1 aliphatic rings. The van der Waals surface area contributed by atoms with Gasteiger partial charge in [0.25, 0.3) is 5.91 Å². The third kappa shape index (κ3) is 2.24. The van der Waals surface area contributed by atoms with Crippen molar-refractivity contribution in [3.05, 3.63) is 18.0 Å². The molecular formula is C11H17N3O2. The summed E-state index contributed by atoms with van der Waals surface area (Å²) in [7, 11) is 1.81. The molecule has 2 heterocycles. The van der Waals surface area contributed by atoms with Crippen LogP contribution in [0.15, 0.2) is 12.4 Å². The van der Waals surface area contributed by atoms with Crippen LogP contribution in [0.2, 0.25) is 0 Å². The standard InChI is InChI=1S/C11H17N3O2/c1-8-5-14(6-9(2)16-8)11(15)10-4-12-13(3)7-10/h4,7-9H,5-6H2,1-3H3/t8-,9+. The lowest BCUT2D eigenvalue weighted by Gasteiger charge is -2.35. The molecule has 16 heavy (non-hydrogen) atoms. The van der Waals surface area contributed by atoms with Gasteiger partial charge < -0.3 is 9.64 Å². The third-order valence-electron chi connectivity index (χ3n) is 2.66. The molecule has 0 N–H and O–H groups in total. The van der Waals surface area contributed by atoms with Gasteiger partial charge in [0.2, 0.25) is 0 Å². The smallest absolute Gasteiger partial charge is 0.257 e. The zero-order valence-electron chi connectivity index (χ0n) is 9.88. The number of hydrogen-bond donors (Lipinski definition) is 0. The number of rotatable bonds is 1. The van der Waals surface area contributed by atoms with E-state index in [4.69, 9.17) is 4.74 Å². The van der Waals surface area contributed by atoms with Crippen LogP contribution in [0.4, 0.5) is 0 Å². The Bertz CT molecular complexity index is 378. The average molecular weight is 223 g/mol. The van der Waals surface area contributed by atoms with E-state index < -0.39 is 0 Å². The fourth-order valence-electron chi connectivity index (χ4n) is 2.06. The van der Waals surface area contributed by atoms with E-state index in [0.717, 1.165) is 0 Å². The van der Waals surface area contributed by atoms with E-state index in [1.54, 1.807) is 24.1 Å². The van der Waals surface area contributed by atoms with Gasteiger partial charge in [0.05, 0.1) is 24.0 Å². The first-order valence-corrected chi connectivity index (χ1v) is 5.49. The molecule has 1 aromatic heterocycles. The average Bonchev–Trinajstić information content (AvgIpc) is 2.62. The number of hydrogen-bond acceptors (Lipinski definition) is 3. The molecule has 0 aromatic carbocycles. The number of aromatic nitrogens is 2. The predicted octanol–water partition coefficient (Wildman–Crippen LogP) is 0.669. The Labute approximate surface area is 95.0 Å². The van der Waals surface area contributed by atoms with Gasteiger partial charge in [-0.3, -0.25) is 9.48 Å². The second kappa shape index (κ2) is 4.25. The van der Waals surface area contributed by atoms with Crippen molar-refractivity contribution in [1.29, 1.82) is 0 Å². The van der Waals surface area contributed by atoms with E-state index in [0.29, 0.717) is 18.7 Å². The Morgan fingerprint density at radius 3 is 2.56 bits per heavy atom. The van der Waals surface area contributed by atoms with Gasteiger partial charge in [-0.1, -0.05) is 0 Å². The van der Waals surface area contributed by atoms with Crippen molar-refractivity contribution < 1.29 is 9.53 Å². The lowest BCUT2D eigenvalue weighted by molar-refractivity contribution is -0.0586. The van der Waals surface area contributed by atoms with Gasteiger partial charge >= 0.3 is 0 Å². The van der Waals surface area contributed by atoms with E-state index >= 15 is 0 Å². The van der Waals surface area contributed by atoms with Gasteiger partial charge in [0.1, 0.15) is 0 Å². The quantitative estimate of drug-likeness (QED) is 0.703. The van der Waals surface area contributed by atoms with Crippen molar-refractivity contribution in [2.24, 2.45) is 7.05 Å². The van der Waals surface area contributed by atoms with Gasteiger partial charge in [0.15, 0.2) is 0 Å². The lowest BCUT2D eigenvalue weighted by Crippen LogP contribution is -2.48. The summed E-state index contributed by atoms with van der Waals surface area (Å²) in [4.78, 5) is 14.0. The molecule has 88 valence electrons. The maximum atomic E-state index is 12.1. The summed E-state index contributed by atoms with van der Waals surface area (Å²) < 4.78 is 7.23. The van der Waals surface area contributed by atoms with Crippen LogP contribution in [0.25, 0.3) is 0 Å². The Hall–Kier alpha value is -1.36. The highest BCUT2D eigenvalue weighted by Gasteiger charge is 2.26. The molecule has 1 aliphatic heterocycles. The van der Waals surface area contributed by atoms with Crippen LogP contribution < -0.4 is 0 Å². The van der Waals surface area contributed by atoms with Crippen molar-refractivity contribution >= 4 is 5.91 Å². The van der Waals surface area contributed by atoms with Crippen LogP contribution in [0.5, 0.6) is 0 Å². The largest absolute Gasteiger partial charge is 0.372 e. The van der Waals surface area contributed by atoms with Crippen molar-refractivity contribution in [2.45, 2.75) is 26.1 Å². The van der Waals surface area contributed by atoms with Gasteiger partial charge in [-0.25, -0.2) is 0 Å². The highest BCUT2D eigenvalue weighted by Crippen LogP contribution is 2.13. The molecule has 0 saturated carbocycles. The van der Waals surface area contributed by atoms with Gasteiger partial charge in [-0.05, 0) is 13.8 Å². The maximum Gasteiger partial charge on any atom is 0.257 e. The topological polar surface area (TPSA) is 47.4 Å². The summed E-state index contributed by atoms with van der Waals surface area (Å²) in [6.07, 6.45) is 3.55. The molecule has 2 rings (SSSR count). The minimum absolute atomic E-state index is 0.0371. The predicted molar refractivity (Wildman–Crippen MR) is 59.1 cm³/mol. The van der Waals surface area contributed by atoms with E-state index in [1.165, 1.54) is 0 Å². The third-order valence-corrected chi connectivity index (χ3v) is 2.66. The van der Waals surface area contributed by atoms with E-state index in [2.05, 4.69) is 5.10 Å². The fourth-order valence-corrected chi connectivity index (χ4v) is 2.06. The number of carbonyl (C=O) groups excluding carboxylic acids is 1. The molecule has 5 heteroatoms. The molecule has 0 bridgehead atoms. The number of aryl methyl sites for hydroxylation is 1. The van der Waals surface area contributed by atoms with Gasteiger partial charge in [-0.2, -0.15) is 5.10 Å². The number of amides is 1. The fraction of sp³-hybridized carbons (Fsp3) is 0.636. The van der Waals surface area contributed by atoms with Crippen LogP contribution >= 0.6 is 0 Å². The van der Waals surface area contributed by atoms with Gasteiger partial charge in [-0.15, -0.1) is 0 Å². The second-order valence-electron chi connectivity index (χ2n) is 4.37. The summed E-state index contributed by atoms with van der Waals surface area (Å²) in [5.41, 5.74) is 0.642. The van der Waals surface area contributed by atoms with Crippen molar-refractivity contribution in [1.82, 2.24) is 14.7 Å². The van der Waals surface area contributed by atoms with Crippen LogP contribution in [0, 0.1) is 0 Å². The normalized spacial score (nSPS) is 25.8. The molecule has 1 fully saturated rings. The molecule has 5 nitrogen and oxygen atoms in total. The molecule has 1 saturated heterocycles. The monoisotopic (exact) mass is 223 g/mol. The minimum atomic E-state index is 0.0371. The molecule has 0 radical (unpaired) electrons. The Kier molecular flexibility index (Phi) is 2.96. The molecule has 0 spiro atoms. The maximum absolute atomic E-state index is 12.1. The first-order valence-electron chi connectivity index (χ1n) is 5.49. The zero-order valence-corrected chi connectivity index (χ0v) is 9.88. The SMILES string of the molecule is C[C@@H]1CN(C(=O)c2cnn(C)c2)C[C@H](C)O1. The summed E-state index contributed by atoms with van der Waals surface area (Å²) in [5, 5.41) is 4.01. The Morgan fingerprint density at radius 1 is 1.44 bits per heavy atom. The van der Waals surface area contributed by atoms with E-state index in [9.17, 15) is 4.79 Å². The molecule has 1 aromatic rings. The van der Waals surface area contributed by atoms with E-state index in [-0.39, 0.29) is 18.1 Å². The highest BCUT2D eigenvalue weighted by molar-refractivity contribution is 5.93. The van der Waals surface area contributed by atoms with Crippen LogP contribution in [-0.4, -0.2) is 45.9 Å². The Balaban J connectivity index is 2.09. The minimum Gasteiger partial charge on any atom is -0.372 e. The van der Waals surface area contributed by atoms with Crippen molar-refractivity contribution in [3.8, 4) is 0 Å². The highest BCUT2D eigenvalue weighted by atomic mass is 16.5. The zero-order chi connectivity index (χ0) is 11.7. The summed E-state index contributed by atoms with van der Waals surface area (Å²) in [6.45, 7) is 5.27. The van der Waals surface area contributed by atoms with Crippen LogP contribution in [-0.2, 0) is 11.8 Å². The first-order chi connectivity index (χ1) is 7.56. The molecular weight excluding hydrogens is 206 g/mol. The summed E-state index contributed by atoms with van der Waals surface area (Å²) in [5.74, 6) is 0.0371. The van der Waals surface area contributed by atoms with E-state index in [1.807, 2.05) is 18.7 Å². The van der Waals surface area contributed by atoms with Crippen molar-refractivity contribution in [3.63, 3.8) is 0 Å². The number of carbonyl (C=O) groups is 1. The van der Waals surface area contributed by atoms with Crippen molar-refractivity contribution in [2.75, 3.05) is 13.1 Å². The molecule has 0 aliphatic carbocycles. The Morgan fingerprint density at radius 2 is 2.06 bits per heavy atom. The summed E-state index contributed by atoms with van der Waals surface area (Å²) in [6, 6.07) is 0. The number of ether oxygens (including phenoxy) is 1. The number of nitrogens with zero attached hydrogens (tertiary/aromatic N) is 3.